The Labute approximate surface area is 128 Å². The molecular weight excluding hydrogens is 288 g/mol. The highest BCUT2D eigenvalue weighted by atomic mass is 19.1. The van der Waals surface area contributed by atoms with Crippen molar-refractivity contribution < 1.29 is 18.7 Å². The van der Waals surface area contributed by atoms with Gasteiger partial charge in [-0.2, -0.15) is 0 Å². The molecule has 2 fully saturated rings. The number of nitrogens with one attached hydrogen (secondary N) is 1. The zero-order valence-electron chi connectivity index (χ0n) is 12.6. The number of benzene rings is 1. The van der Waals surface area contributed by atoms with E-state index in [2.05, 4.69) is 5.32 Å². The van der Waals surface area contributed by atoms with Crippen LogP contribution in [0.1, 0.15) is 44.1 Å². The molecule has 0 bridgehead atoms. The van der Waals surface area contributed by atoms with Gasteiger partial charge in [-0.05, 0) is 48.9 Å². The molecule has 4 atom stereocenters. The third-order valence-corrected chi connectivity index (χ3v) is 5.24. The maximum absolute atomic E-state index is 13.7. The Balaban J connectivity index is 1.65. The van der Waals surface area contributed by atoms with Gasteiger partial charge in [0.2, 0.25) is 5.91 Å². The highest BCUT2D eigenvalue weighted by Crippen LogP contribution is 2.49. The van der Waals surface area contributed by atoms with E-state index in [0.29, 0.717) is 6.42 Å². The third-order valence-electron chi connectivity index (χ3n) is 5.24. The van der Waals surface area contributed by atoms with Crippen molar-refractivity contribution in [2.75, 3.05) is 6.61 Å². The van der Waals surface area contributed by atoms with E-state index in [1.807, 2.05) is 6.92 Å². The lowest BCUT2D eigenvalue weighted by Gasteiger charge is -2.30. The van der Waals surface area contributed by atoms with E-state index in [0.717, 1.165) is 31.4 Å². The molecule has 1 aromatic carbocycles. The average Bonchev–Trinajstić information content (AvgIpc) is 3.21. The topological polar surface area (TPSA) is 49.3 Å². The van der Waals surface area contributed by atoms with Crippen LogP contribution in [0.2, 0.25) is 0 Å². The smallest absolute Gasteiger partial charge is 0.223 e. The molecule has 120 valence electrons. The lowest BCUT2D eigenvalue weighted by molar-refractivity contribution is -0.124. The molecule has 0 heterocycles. The molecule has 22 heavy (non-hydrogen) atoms. The summed E-state index contributed by atoms with van der Waals surface area (Å²) < 4.78 is 27.0. The largest absolute Gasteiger partial charge is 0.396 e. The van der Waals surface area contributed by atoms with Crippen molar-refractivity contribution in [2.24, 2.45) is 11.3 Å². The fraction of sp³-hybridized carbons (Fsp3) is 0.588. The quantitative estimate of drug-likeness (QED) is 0.898. The molecule has 2 saturated carbocycles. The van der Waals surface area contributed by atoms with Crippen LogP contribution in [0, 0.1) is 23.0 Å². The number of hydrogen-bond donors (Lipinski definition) is 2. The minimum absolute atomic E-state index is 0.0383. The molecule has 0 spiro atoms. The van der Waals surface area contributed by atoms with Crippen LogP contribution in [0.15, 0.2) is 18.2 Å². The number of carbonyl (C=O) groups is 1. The maximum atomic E-state index is 13.7. The van der Waals surface area contributed by atoms with Crippen molar-refractivity contribution in [3.63, 3.8) is 0 Å². The molecule has 0 aromatic heterocycles. The van der Waals surface area contributed by atoms with Crippen LogP contribution < -0.4 is 5.32 Å². The zero-order chi connectivity index (χ0) is 15.9. The molecule has 0 radical (unpaired) electrons. The van der Waals surface area contributed by atoms with Crippen molar-refractivity contribution in [3.05, 3.63) is 35.4 Å². The van der Waals surface area contributed by atoms with Crippen molar-refractivity contribution in [2.45, 2.75) is 44.6 Å². The minimum atomic E-state index is -0.480. The highest BCUT2D eigenvalue weighted by molar-refractivity contribution is 5.83. The minimum Gasteiger partial charge on any atom is -0.396 e. The molecule has 2 aliphatic rings. The Morgan fingerprint density at radius 1 is 1.45 bits per heavy atom. The number of aliphatic hydroxyl groups excluding tert-OH is 1. The van der Waals surface area contributed by atoms with Crippen molar-refractivity contribution in [3.8, 4) is 0 Å². The molecule has 1 aromatic rings. The van der Waals surface area contributed by atoms with Gasteiger partial charge in [0.25, 0.3) is 0 Å². The van der Waals surface area contributed by atoms with Gasteiger partial charge in [-0.1, -0.05) is 13.3 Å². The van der Waals surface area contributed by atoms with Gasteiger partial charge in [0.05, 0.1) is 6.61 Å². The number of rotatable bonds is 4. The van der Waals surface area contributed by atoms with E-state index in [4.69, 9.17) is 0 Å². The summed E-state index contributed by atoms with van der Waals surface area (Å²) in [5.41, 5.74) is 0.0148. The molecule has 2 N–H and O–H groups in total. The van der Waals surface area contributed by atoms with Gasteiger partial charge >= 0.3 is 0 Å². The van der Waals surface area contributed by atoms with E-state index in [1.165, 1.54) is 6.07 Å². The Morgan fingerprint density at radius 3 is 2.95 bits per heavy atom. The van der Waals surface area contributed by atoms with Crippen LogP contribution in [0.25, 0.3) is 0 Å². The van der Waals surface area contributed by atoms with Gasteiger partial charge in [0.1, 0.15) is 11.6 Å². The standard InChI is InChI=1S/C17H21F2NO2/c1-17(9-21)6-2-3-15(17)20-16(22)13-8-11(13)12-7-10(18)4-5-14(12)19/h4-5,7,11,13,15,21H,2-3,6,8-9H2,1H3,(H,20,22). The number of halogens is 2. The van der Waals surface area contributed by atoms with Crippen molar-refractivity contribution in [1.82, 2.24) is 5.32 Å². The molecule has 3 rings (SSSR count). The lowest BCUT2D eigenvalue weighted by Crippen LogP contribution is -2.45. The van der Waals surface area contributed by atoms with Gasteiger partial charge in [-0.3, -0.25) is 4.79 Å². The van der Waals surface area contributed by atoms with Gasteiger partial charge in [-0.15, -0.1) is 0 Å². The lowest BCUT2D eigenvalue weighted by atomic mass is 9.85. The van der Waals surface area contributed by atoms with E-state index < -0.39 is 11.6 Å². The number of hydrogen-bond acceptors (Lipinski definition) is 2. The molecule has 3 nitrogen and oxygen atoms in total. The molecule has 0 aliphatic heterocycles. The second-order valence-corrected chi connectivity index (χ2v) is 6.88. The summed E-state index contributed by atoms with van der Waals surface area (Å²) in [5.74, 6) is -1.58. The second-order valence-electron chi connectivity index (χ2n) is 6.88. The molecule has 1 amide bonds. The maximum Gasteiger partial charge on any atom is 0.223 e. The number of aliphatic hydroxyl groups is 1. The molecular formula is C17H21F2NO2. The van der Waals surface area contributed by atoms with E-state index in [9.17, 15) is 18.7 Å². The monoisotopic (exact) mass is 309 g/mol. The third kappa shape index (κ3) is 2.74. The Bertz CT molecular complexity index is 592. The highest BCUT2D eigenvalue weighted by Gasteiger charge is 2.47. The summed E-state index contributed by atoms with van der Waals surface area (Å²) in [5, 5.41) is 12.5. The fourth-order valence-electron chi connectivity index (χ4n) is 3.57. The SMILES string of the molecule is CC1(CO)CCCC1NC(=O)C1CC1c1cc(F)ccc1F. The predicted molar refractivity (Wildman–Crippen MR) is 78.2 cm³/mol. The van der Waals surface area contributed by atoms with Crippen LogP contribution in [-0.4, -0.2) is 23.7 Å². The first-order valence-corrected chi connectivity index (χ1v) is 7.81. The first-order chi connectivity index (χ1) is 10.4. The van der Waals surface area contributed by atoms with Crippen LogP contribution >= 0.6 is 0 Å². The first kappa shape index (κ1) is 15.4. The van der Waals surface area contributed by atoms with Crippen LogP contribution in [0.3, 0.4) is 0 Å². The second kappa shape index (κ2) is 5.61. The van der Waals surface area contributed by atoms with Gasteiger partial charge in [-0.25, -0.2) is 8.78 Å². The summed E-state index contributed by atoms with van der Waals surface area (Å²) in [6.45, 7) is 2.02. The summed E-state index contributed by atoms with van der Waals surface area (Å²) in [7, 11) is 0. The van der Waals surface area contributed by atoms with E-state index in [1.54, 1.807) is 0 Å². The summed E-state index contributed by atoms with van der Waals surface area (Å²) in [6, 6.07) is 3.34. The number of amides is 1. The average molecular weight is 309 g/mol. The van der Waals surface area contributed by atoms with Crippen LogP contribution in [-0.2, 0) is 4.79 Å². The number of carbonyl (C=O) groups excluding carboxylic acids is 1. The van der Waals surface area contributed by atoms with E-state index in [-0.39, 0.29) is 41.4 Å². The van der Waals surface area contributed by atoms with Crippen molar-refractivity contribution in [1.29, 1.82) is 0 Å². The van der Waals surface area contributed by atoms with Gasteiger partial charge < -0.3 is 10.4 Å². The summed E-state index contributed by atoms with van der Waals surface area (Å²) in [4.78, 5) is 12.3. The van der Waals surface area contributed by atoms with E-state index >= 15 is 0 Å². The Morgan fingerprint density at radius 2 is 2.23 bits per heavy atom. The summed E-state index contributed by atoms with van der Waals surface area (Å²) >= 11 is 0. The Kier molecular flexibility index (Phi) is 3.93. The fourth-order valence-corrected chi connectivity index (χ4v) is 3.57. The molecule has 2 aliphatic carbocycles. The van der Waals surface area contributed by atoms with Crippen molar-refractivity contribution >= 4 is 5.91 Å². The van der Waals surface area contributed by atoms with Gasteiger partial charge in [0, 0.05) is 17.4 Å². The normalized spacial score (nSPS) is 33.7. The molecule has 5 heteroatoms. The first-order valence-electron chi connectivity index (χ1n) is 7.81. The van der Waals surface area contributed by atoms with Crippen LogP contribution in [0.5, 0.6) is 0 Å². The predicted octanol–water partition coefficient (Wildman–Crippen LogP) is 2.74. The Hall–Kier alpha value is -1.49. The zero-order valence-corrected chi connectivity index (χ0v) is 12.6. The van der Waals surface area contributed by atoms with Gasteiger partial charge in [0.15, 0.2) is 0 Å². The molecule has 0 saturated heterocycles. The van der Waals surface area contributed by atoms with Crippen LogP contribution in [0.4, 0.5) is 8.78 Å². The summed E-state index contributed by atoms with van der Waals surface area (Å²) in [6.07, 6.45) is 3.28. The molecule has 4 unspecified atom stereocenters.